The lowest BCUT2D eigenvalue weighted by Gasteiger charge is -2.37. The fourth-order valence-corrected chi connectivity index (χ4v) is 3.33. The van der Waals surface area contributed by atoms with Crippen LogP contribution in [0.25, 0.3) is 0 Å². The summed E-state index contributed by atoms with van der Waals surface area (Å²) >= 11 is 6.06. The summed E-state index contributed by atoms with van der Waals surface area (Å²) in [6.45, 7) is 2.78. The highest BCUT2D eigenvalue weighted by Crippen LogP contribution is 2.35. The molecule has 5 heteroatoms. The van der Waals surface area contributed by atoms with Crippen molar-refractivity contribution in [3.63, 3.8) is 0 Å². The molecule has 3 rings (SSSR count). The molecule has 0 amide bonds. The molecule has 21 heavy (non-hydrogen) atoms. The Hall–Kier alpha value is -0.810. The van der Waals surface area contributed by atoms with Crippen LogP contribution in [-0.4, -0.2) is 38.1 Å². The van der Waals surface area contributed by atoms with Crippen molar-refractivity contribution in [3.05, 3.63) is 28.8 Å². The predicted octanol–water partition coefficient (Wildman–Crippen LogP) is 2.56. The molecule has 1 aromatic carbocycles. The molecule has 2 fully saturated rings. The first kappa shape index (κ1) is 15.1. The van der Waals surface area contributed by atoms with Crippen LogP contribution >= 0.6 is 11.6 Å². The first-order valence-electron chi connectivity index (χ1n) is 7.58. The average Bonchev–Trinajstić information content (AvgIpc) is 2.90. The minimum absolute atomic E-state index is 0.136. The normalized spacial score (nSPS) is 29.0. The molecule has 2 unspecified atom stereocenters. The van der Waals surface area contributed by atoms with E-state index in [1.165, 1.54) is 0 Å². The van der Waals surface area contributed by atoms with Gasteiger partial charge in [-0.2, -0.15) is 0 Å². The molecule has 1 spiro atoms. The Balaban J connectivity index is 1.71. The van der Waals surface area contributed by atoms with E-state index in [4.69, 9.17) is 31.5 Å². The monoisotopic (exact) mass is 311 g/mol. The molecule has 2 heterocycles. The van der Waals surface area contributed by atoms with Crippen molar-refractivity contribution in [3.8, 4) is 5.75 Å². The van der Waals surface area contributed by atoms with Gasteiger partial charge in [0.1, 0.15) is 11.9 Å². The van der Waals surface area contributed by atoms with Crippen molar-refractivity contribution in [2.75, 3.05) is 26.4 Å². The van der Waals surface area contributed by atoms with Gasteiger partial charge in [0, 0.05) is 30.9 Å². The van der Waals surface area contributed by atoms with Crippen molar-refractivity contribution in [2.24, 2.45) is 5.73 Å². The van der Waals surface area contributed by atoms with Crippen molar-refractivity contribution >= 4 is 11.6 Å². The Labute approximate surface area is 130 Å². The molecule has 116 valence electrons. The maximum Gasteiger partial charge on any atom is 0.123 e. The van der Waals surface area contributed by atoms with Crippen molar-refractivity contribution < 1.29 is 14.2 Å². The van der Waals surface area contributed by atoms with Crippen molar-refractivity contribution in [1.82, 2.24) is 0 Å². The fourth-order valence-electron chi connectivity index (χ4n) is 3.14. The number of halogens is 1. The van der Waals surface area contributed by atoms with Gasteiger partial charge in [-0.25, -0.2) is 0 Å². The molecule has 0 aliphatic carbocycles. The predicted molar refractivity (Wildman–Crippen MR) is 82.0 cm³/mol. The lowest BCUT2D eigenvalue weighted by atomic mass is 9.91. The summed E-state index contributed by atoms with van der Waals surface area (Å²) in [6, 6.07) is 5.75. The lowest BCUT2D eigenvalue weighted by molar-refractivity contribution is -0.112. The Bertz CT molecular complexity index is 488. The van der Waals surface area contributed by atoms with Crippen LogP contribution in [0, 0.1) is 0 Å². The number of rotatable bonds is 4. The standard InChI is InChI=1S/C16H22ClNO3/c17-13-1-2-15(12(9-13)3-6-18)21-14-4-7-20-16(10-14)5-8-19-11-16/h1-2,9,14H,3-8,10-11,18H2. The van der Waals surface area contributed by atoms with E-state index in [1.54, 1.807) is 0 Å². The van der Waals surface area contributed by atoms with E-state index in [0.29, 0.717) is 13.2 Å². The summed E-state index contributed by atoms with van der Waals surface area (Å²) in [4.78, 5) is 0. The molecular weight excluding hydrogens is 290 g/mol. The van der Waals surface area contributed by atoms with Gasteiger partial charge in [-0.05, 0) is 36.7 Å². The van der Waals surface area contributed by atoms with Gasteiger partial charge in [-0.15, -0.1) is 0 Å². The molecule has 0 radical (unpaired) electrons. The zero-order chi connectivity index (χ0) is 14.7. The zero-order valence-corrected chi connectivity index (χ0v) is 12.9. The summed E-state index contributed by atoms with van der Waals surface area (Å²) < 4.78 is 17.7. The summed E-state index contributed by atoms with van der Waals surface area (Å²) in [6.07, 6.45) is 3.69. The molecule has 1 aromatic rings. The minimum atomic E-state index is -0.136. The Morgan fingerprint density at radius 2 is 2.29 bits per heavy atom. The highest BCUT2D eigenvalue weighted by Gasteiger charge is 2.41. The maximum atomic E-state index is 6.23. The molecular formula is C16H22ClNO3. The Morgan fingerprint density at radius 3 is 3.05 bits per heavy atom. The van der Waals surface area contributed by atoms with E-state index in [9.17, 15) is 0 Å². The van der Waals surface area contributed by atoms with Crippen LogP contribution in [0.2, 0.25) is 5.02 Å². The molecule has 0 aromatic heterocycles. The van der Waals surface area contributed by atoms with Crippen LogP contribution in [0.1, 0.15) is 24.8 Å². The van der Waals surface area contributed by atoms with E-state index >= 15 is 0 Å². The first-order chi connectivity index (χ1) is 10.2. The molecule has 0 saturated carbocycles. The lowest BCUT2D eigenvalue weighted by Crippen LogP contribution is -2.44. The van der Waals surface area contributed by atoms with Gasteiger partial charge in [-0.1, -0.05) is 11.6 Å². The van der Waals surface area contributed by atoms with Crippen LogP contribution in [-0.2, 0) is 15.9 Å². The van der Waals surface area contributed by atoms with Gasteiger partial charge in [0.25, 0.3) is 0 Å². The molecule has 0 bridgehead atoms. The SMILES string of the molecule is NCCc1cc(Cl)ccc1OC1CCOC2(CCOC2)C1. The minimum Gasteiger partial charge on any atom is -0.490 e. The highest BCUT2D eigenvalue weighted by atomic mass is 35.5. The molecule has 2 saturated heterocycles. The van der Waals surface area contributed by atoms with Gasteiger partial charge < -0.3 is 19.9 Å². The smallest absolute Gasteiger partial charge is 0.123 e. The van der Waals surface area contributed by atoms with E-state index in [0.717, 1.165) is 55.2 Å². The average molecular weight is 312 g/mol. The molecule has 2 atom stereocenters. The molecule has 2 aliphatic heterocycles. The highest BCUT2D eigenvalue weighted by molar-refractivity contribution is 6.30. The molecule has 2 N–H and O–H groups in total. The third-order valence-corrected chi connectivity index (χ3v) is 4.48. The zero-order valence-electron chi connectivity index (χ0n) is 12.1. The Kier molecular flexibility index (Phi) is 4.69. The topological polar surface area (TPSA) is 53.7 Å². The van der Waals surface area contributed by atoms with E-state index < -0.39 is 0 Å². The number of hydrogen-bond acceptors (Lipinski definition) is 4. The van der Waals surface area contributed by atoms with Crippen molar-refractivity contribution in [2.45, 2.75) is 37.4 Å². The summed E-state index contributed by atoms with van der Waals surface area (Å²) in [5.74, 6) is 0.894. The number of ether oxygens (including phenoxy) is 3. The second-order valence-electron chi connectivity index (χ2n) is 5.86. The van der Waals surface area contributed by atoms with Crippen LogP contribution < -0.4 is 10.5 Å². The summed E-state index contributed by atoms with van der Waals surface area (Å²) in [5.41, 5.74) is 6.61. The second kappa shape index (κ2) is 6.53. The maximum absolute atomic E-state index is 6.23. The first-order valence-corrected chi connectivity index (χ1v) is 7.95. The van der Waals surface area contributed by atoms with Gasteiger partial charge in [-0.3, -0.25) is 0 Å². The van der Waals surface area contributed by atoms with Gasteiger partial charge in [0.15, 0.2) is 0 Å². The number of benzene rings is 1. The van der Waals surface area contributed by atoms with Gasteiger partial charge >= 0.3 is 0 Å². The number of nitrogens with two attached hydrogens (primary N) is 1. The fraction of sp³-hybridized carbons (Fsp3) is 0.625. The summed E-state index contributed by atoms with van der Waals surface area (Å²) in [7, 11) is 0. The second-order valence-corrected chi connectivity index (χ2v) is 6.29. The quantitative estimate of drug-likeness (QED) is 0.928. The van der Waals surface area contributed by atoms with Crippen molar-refractivity contribution in [1.29, 1.82) is 0 Å². The number of hydrogen-bond donors (Lipinski definition) is 1. The van der Waals surface area contributed by atoms with E-state index in [2.05, 4.69) is 0 Å². The third-order valence-electron chi connectivity index (χ3n) is 4.24. The van der Waals surface area contributed by atoms with Crippen LogP contribution in [0.3, 0.4) is 0 Å². The van der Waals surface area contributed by atoms with Crippen LogP contribution in [0.5, 0.6) is 5.75 Å². The summed E-state index contributed by atoms with van der Waals surface area (Å²) in [5, 5.41) is 0.721. The van der Waals surface area contributed by atoms with Gasteiger partial charge in [0.2, 0.25) is 0 Å². The molecule has 2 aliphatic rings. The molecule has 4 nitrogen and oxygen atoms in total. The van der Waals surface area contributed by atoms with Crippen LogP contribution in [0.15, 0.2) is 18.2 Å². The third kappa shape index (κ3) is 3.51. The van der Waals surface area contributed by atoms with E-state index in [-0.39, 0.29) is 11.7 Å². The Morgan fingerprint density at radius 1 is 1.38 bits per heavy atom. The van der Waals surface area contributed by atoms with Gasteiger partial charge in [0.05, 0.1) is 18.8 Å². The van der Waals surface area contributed by atoms with E-state index in [1.807, 2.05) is 18.2 Å². The largest absolute Gasteiger partial charge is 0.490 e. The van der Waals surface area contributed by atoms with Crippen LogP contribution in [0.4, 0.5) is 0 Å².